The van der Waals surface area contributed by atoms with Crippen molar-refractivity contribution >= 4 is 42.4 Å². The van der Waals surface area contributed by atoms with Gasteiger partial charge in [0.15, 0.2) is 0 Å². The second-order valence-corrected chi connectivity index (χ2v) is 9.68. The van der Waals surface area contributed by atoms with Crippen molar-refractivity contribution < 1.29 is 17.7 Å². The smallest absolute Gasteiger partial charge is 0.264 e. The summed E-state index contributed by atoms with van der Waals surface area (Å²) in [6, 6.07) is 23.1. The van der Waals surface area contributed by atoms with E-state index in [-0.39, 0.29) is 13.2 Å². The van der Waals surface area contributed by atoms with E-state index in [4.69, 9.17) is 4.18 Å². The lowest BCUT2D eigenvalue weighted by Crippen LogP contribution is -2.49. The quantitative estimate of drug-likeness (QED) is 0.267. The molecule has 4 rings (SSSR count). The van der Waals surface area contributed by atoms with Gasteiger partial charge in [0.2, 0.25) is 0 Å². The number of nitrogens with one attached hydrogen (secondary N) is 1. The highest BCUT2D eigenvalue weighted by Crippen LogP contribution is 2.32. The lowest BCUT2D eigenvalue weighted by Gasteiger charge is -2.28. The van der Waals surface area contributed by atoms with Gasteiger partial charge < -0.3 is 10.4 Å². The molecule has 0 saturated heterocycles. The SMILES string of the molecule is CC(CO)(COS(C)(=O)=O)NCc1cc2ccccc2c2cc3ccccc3cc12. The topological polar surface area (TPSA) is 75.6 Å². The summed E-state index contributed by atoms with van der Waals surface area (Å²) in [5.74, 6) is 0. The van der Waals surface area contributed by atoms with Crippen molar-refractivity contribution in [2.75, 3.05) is 19.5 Å². The summed E-state index contributed by atoms with van der Waals surface area (Å²) in [7, 11) is -3.59. The summed E-state index contributed by atoms with van der Waals surface area (Å²) in [5, 5.41) is 20.1. The van der Waals surface area contributed by atoms with E-state index in [0.717, 1.165) is 28.0 Å². The van der Waals surface area contributed by atoms with Gasteiger partial charge in [0.05, 0.1) is 25.0 Å². The van der Waals surface area contributed by atoms with Crippen molar-refractivity contribution in [2.45, 2.75) is 19.0 Å². The van der Waals surface area contributed by atoms with Crippen LogP contribution in [0.3, 0.4) is 0 Å². The molecule has 4 aromatic rings. The normalized spacial score (nSPS) is 14.4. The predicted molar refractivity (Wildman–Crippen MR) is 122 cm³/mol. The Morgan fingerprint density at radius 3 is 2.13 bits per heavy atom. The van der Waals surface area contributed by atoms with Gasteiger partial charge in [-0.3, -0.25) is 4.18 Å². The summed E-state index contributed by atoms with van der Waals surface area (Å²) >= 11 is 0. The molecule has 156 valence electrons. The molecule has 0 aliphatic heterocycles. The van der Waals surface area contributed by atoms with Crippen LogP contribution in [0, 0.1) is 0 Å². The van der Waals surface area contributed by atoms with Gasteiger partial charge in [-0.25, -0.2) is 0 Å². The molecular formula is C24H25NO4S. The van der Waals surface area contributed by atoms with Gasteiger partial charge in [0, 0.05) is 6.54 Å². The van der Waals surface area contributed by atoms with Crippen LogP contribution in [-0.2, 0) is 20.8 Å². The molecule has 0 amide bonds. The maximum absolute atomic E-state index is 11.4. The van der Waals surface area contributed by atoms with Crippen molar-refractivity contribution in [3.8, 4) is 0 Å². The third-order valence-corrected chi connectivity index (χ3v) is 6.00. The van der Waals surface area contributed by atoms with Crippen LogP contribution in [0.4, 0.5) is 0 Å². The van der Waals surface area contributed by atoms with Gasteiger partial charge in [-0.15, -0.1) is 0 Å². The molecule has 0 aromatic heterocycles. The highest BCUT2D eigenvalue weighted by molar-refractivity contribution is 7.85. The number of benzene rings is 4. The summed E-state index contributed by atoms with van der Waals surface area (Å²) in [6.07, 6.45) is 1.01. The molecule has 0 spiro atoms. The van der Waals surface area contributed by atoms with E-state index in [1.807, 2.05) is 24.3 Å². The Morgan fingerprint density at radius 2 is 1.50 bits per heavy atom. The molecule has 0 heterocycles. The first kappa shape index (κ1) is 20.8. The molecule has 0 aliphatic rings. The molecular weight excluding hydrogens is 398 g/mol. The lowest BCUT2D eigenvalue weighted by atomic mass is 9.94. The Balaban J connectivity index is 1.78. The van der Waals surface area contributed by atoms with Crippen LogP contribution in [0.1, 0.15) is 12.5 Å². The van der Waals surface area contributed by atoms with Crippen LogP contribution in [-0.4, -0.2) is 38.5 Å². The molecule has 5 nitrogen and oxygen atoms in total. The van der Waals surface area contributed by atoms with E-state index in [0.29, 0.717) is 6.54 Å². The molecule has 1 unspecified atom stereocenters. The van der Waals surface area contributed by atoms with Gasteiger partial charge in [0.25, 0.3) is 10.1 Å². The first-order chi connectivity index (χ1) is 14.3. The molecule has 0 saturated carbocycles. The Bertz CT molecular complexity index is 1330. The molecule has 0 bridgehead atoms. The van der Waals surface area contributed by atoms with E-state index in [9.17, 15) is 13.5 Å². The minimum absolute atomic E-state index is 0.142. The zero-order valence-corrected chi connectivity index (χ0v) is 17.9. The third-order valence-electron chi connectivity index (χ3n) is 5.46. The summed E-state index contributed by atoms with van der Waals surface area (Å²) in [6.45, 7) is 1.81. The van der Waals surface area contributed by atoms with E-state index < -0.39 is 15.7 Å². The molecule has 0 aliphatic carbocycles. The number of hydrogen-bond donors (Lipinski definition) is 2. The highest BCUT2D eigenvalue weighted by atomic mass is 32.2. The predicted octanol–water partition coefficient (Wildman–Crippen LogP) is 3.96. The number of aliphatic hydroxyl groups is 1. The van der Waals surface area contributed by atoms with Crippen LogP contribution in [0.2, 0.25) is 0 Å². The lowest BCUT2D eigenvalue weighted by molar-refractivity contribution is 0.118. The van der Waals surface area contributed by atoms with Crippen LogP contribution in [0.15, 0.2) is 66.7 Å². The first-order valence-corrected chi connectivity index (χ1v) is 11.6. The van der Waals surface area contributed by atoms with Crippen molar-refractivity contribution in [3.63, 3.8) is 0 Å². The zero-order chi connectivity index (χ0) is 21.4. The minimum Gasteiger partial charge on any atom is -0.394 e. The van der Waals surface area contributed by atoms with Gasteiger partial charge >= 0.3 is 0 Å². The summed E-state index contributed by atoms with van der Waals surface area (Å²) in [5.41, 5.74) is 0.186. The Hall–Kier alpha value is -2.51. The molecule has 1 atom stereocenters. The monoisotopic (exact) mass is 423 g/mol. The standard InChI is InChI=1S/C24H25NO4S/c1-24(15-26,16-29-30(2,27)28)25-14-20-11-19-9-5-6-10-21(19)23-13-18-8-4-3-7-17(18)12-22(20)23/h3-13,25-26H,14-16H2,1-2H3. The maximum Gasteiger partial charge on any atom is 0.264 e. The molecule has 6 heteroatoms. The second-order valence-electron chi connectivity index (χ2n) is 8.04. The third kappa shape index (κ3) is 4.32. The van der Waals surface area contributed by atoms with Crippen molar-refractivity contribution in [1.29, 1.82) is 0 Å². The average molecular weight is 424 g/mol. The van der Waals surface area contributed by atoms with Crippen LogP contribution < -0.4 is 5.32 Å². The van der Waals surface area contributed by atoms with E-state index in [1.165, 1.54) is 16.2 Å². The first-order valence-electron chi connectivity index (χ1n) is 9.81. The fraction of sp³-hybridized carbons (Fsp3) is 0.250. The van der Waals surface area contributed by atoms with E-state index >= 15 is 0 Å². The van der Waals surface area contributed by atoms with Gasteiger partial charge in [-0.2, -0.15) is 8.42 Å². The largest absolute Gasteiger partial charge is 0.394 e. The van der Waals surface area contributed by atoms with Crippen LogP contribution in [0.25, 0.3) is 32.3 Å². The van der Waals surface area contributed by atoms with Crippen molar-refractivity contribution in [1.82, 2.24) is 5.32 Å². The van der Waals surface area contributed by atoms with E-state index in [1.54, 1.807) is 6.92 Å². The number of fused-ring (bicyclic) bond motifs is 4. The van der Waals surface area contributed by atoms with E-state index in [2.05, 4.69) is 47.8 Å². The fourth-order valence-electron chi connectivity index (χ4n) is 3.71. The van der Waals surface area contributed by atoms with Crippen LogP contribution >= 0.6 is 0 Å². The van der Waals surface area contributed by atoms with Crippen molar-refractivity contribution in [2.24, 2.45) is 0 Å². The molecule has 2 N–H and O–H groups in total. The Morgan fingerprint density at radius 1 is 0.900 bits per heavy atom. The number of rotatable bonds is 7. The van der Waals surface area contributed by atoms with Gasteiger partial charge in [0.1, 0.15) is 0 Å². The molecule has 4 aromatic carbocycles. The summed E-state index contributed by atoms with van der Waals surface area (Å²) < 4.78 is 27.7. The summed E-state index contributed by atoms with van der Waals surface area (Å²) in [4.78, 5) is 0. The second kappa shape index (κ2) is 7.96. The van der Waals surface area contributed by atoms with Gasteiger partial charge in [-0.05, 0) is 63.0 Å². The van der Waals surface area contributed by atoms with Crippen LogP contribution in [0.5, 0.6) is 0 Å². The average Bonchev–Trinajstić information content (AvgIpc) is 2.74. The Labute approximate surface area is 176 Å². The fourth-order valence-corrected chi connectivity index (χ4v) is 4.18. The van der Waals surface area contributed by atoms with Crippen molar-refractivity contribution in [3.05, 3.63) is 72.3 Å². The molecule has 0 fully saturated rings. The zero-order valence-electron chi connectivity index (χ0n) is 17.1. The minimum atomic E-state index is -3.59. The number of hydrogen-bond acceptors (Lipinski definition) is 5. The number of aliphatic hydroxyl groups excluding tert-OH is 1. The Kier molecular flexibility index (Phi) is 5.51. The highest BCUT2D eigenvalue weighted by Gasteiger charge is 2.25. The maximum atomic E-state index is 11.4. The molecule has 0 radical (unpaired) electrons. The van der Waals surface area contributed by atoms with Gasteiger partial charge in [-0.1, -0.05) is 48.5 Å². The molecule has 30 heavy (non-hydrogen) atoms.